The predicted molar refractivity (Wildman–Crippen MR) is 109 cm³/mol. The molecule has 1 amide bonds. The molecule has 1 fully saturated rings. The molecule has 2 aromatic heterocycles. The van der Waals surface area contributed by atoms with Crippen molar-refractivity contribution in [2.75, 3.05) is 20.2 Å². The van der Waals surface area contributed by atoms with Crippen molar-refractivity contribution in [1.82, 2.24) is 24.1 Å². The van der Waals surface area contributed by atoms with Gasteiger partial charge in [-0.2, -0.15) is 0 Å². The Bertz CT molecular complexity index is 1100. The Kier molecular flexibility index (Phi) is 5.08. The number of amides is 1. The summed E-state index contributed by atoms with van der Waals surface area (Å²) in [5.41, 5.74) is 1.75. The van der Waals surface area contributed by atoms with Gasteiger partial charge in [-0.05, 0) is 49.9 Å². The van der Waals surface area contributed by atoms with E-state index in [4.69, 9.17) is 4.74 Å². The van der Waals surface area contributed by atoms with Gasteiger partial charge in [0.15, 0.2) is 5.65 Å². The second-order valence-corrected chi connectivity index (χ2v) is 7.64. The van der Waals surface area contributed by atoms with E-state index in [-0.39, 0.29) is 18.1 Å². The van der Waals surface area contributed by atoms with Crippen molar-refractivity contribution in [2.45, 2.75) is 33.2 Å². The molecule has 1 aromatic carbocycles. The molecule has 0 radical (unpaired) electrons. The lowest BCUT2D eigenvalue weighted by Gasteiger charge is -2.30. The van der Waals surface area contributed by atoms with E-state index >= 15 is 0 Å². The Morgan fingerprint density at radius 2 is 2.03 bits per heavy atom. The molecule has 1 aliphatic heterocycles. The zero-order valence-electron chi connectivity index (χ0n) is 17.0. The fraction of sp³-hybridized carbons (Fsp3) is 0.429. The molecule has 0 aliphatic carbocycles. The fourth-order valence-electron chi connectivity index (χ4n) is 3.86. The molecule has 1 aliphatic rings. The Morgan fingerprint density at radius 1 is 1.28 bits per heavy atom. The highest BCUT2D eigenvalue weighted by atomic mass is 16.5. The molecule has 0 N–H and O–H groups in total. The monoisotopic (exact) mass is 395 g/mol. The number of carbonyl (C=O) groups excluding carboxylic acids is 1. The summed E-state index contributed by atoms with van der Waals surface area (Å²) in [4.78, 5) is 31.9. The number of benzene rings is 1. The minimum absolute atomic E-state index is 0.0510. The third kappa shape index (κ3) is 3.74. The van der Waals surface area contributed by atoms with Crippen molar-refractivity contribution in [3.05, 3.63) is 46.6 Å². The number of fused-ring (bicyclic) bond motifs is 1. The first-order valence-corrected chi connectivity index (χ1v) is 9.85. The predicted octanol–water partition coefficient (Wildman–Crippen LogP) is 2.13. The molecular formula is C21H25N5O3. The van der Waals surface area contributed by atoms with E-state index in [1.54, 1.807) is 20.1 Å². The molecule has 0 unspecified atom stereocenters. The van der Waals surface area contributed by atoms with Gasteiger partial charge in [0.25, 0.3) is 0 Å². The van der Waals surface area contributed by atoms with Gasteiger partial charge in [-0.3, -0.25) is 4.79 Å². The minimum atomic E-state index is -0.343. The third-order valence-corrected chi connectivity index (χ3v) is 5.42. The molecule has 0 saturated carbocycles. The molecule has 4 rings (SSSR count). The summed E-state index contributed by atoms with van der Waals surface area (Å²) in [6.45, 7) is 5.34. The fourth-order valence-corrected chi connectivity index (χ4v) is 3.86. The van der Waals surface area contributed by atoms with E-state index in [9.17, 15) is 9.59 Å². The average molecular weight is 395 g/mol. The first-order valence-electron chi connectivity index (χ1n) is 9.85. The summed E-state index contributed by atoms with van der Waals surface area (Å²) in [6.07, 6.45) is 2.14. The van der Waals surface area contributed by atoms with Crippen LogP contribution < -0.4 is 10.4 Å². The van der Waals surface area contributed by atoms with Gasteiger partial charge in [0.2, 0.25) is 5.91 Å². The van der Waals surface area contributed by atoms with Gasteiger partial charge in [0.05, 0.1) is 12.8 Å². The number of aryl methyl sites for hydroxylation is 1. The lowest BCUT2D eigenvalue weighted by Crippen LogP contribution is -2.42. The smallest absolute Gasteiger partial charge is 0.352 e. The Labute approximate surface area is 168 Å². The third-order valence-electron chi connectivity index (χ3n) is 5.42. The van der Waals surface area contributed by atoms with Crippen molar-refractivity contribution in [3.8, 4) is 17.0 Å². The maximum absolute atomic E-state index is 12.8. The van der Waals surface area contributed by atoms with Gasteiger partial charge < -0.3 is 9.64 Å². The quantitative estimate of drug-likeness (QED) is 0.676. The lowest BCUT2D eigenvalue weighted by molar-refractivity contribution is -0.133. The second kappa shape index (κ2) is 7.69. The summed E-state index contributed by atoms with van der Waals surface area (Å²) in [5.74, 6) is 1.72. The topological polar surface area (TPSA) is 81.7 Å². The van der Waals surface area contributed by atoms with Gasteiger partial charge in [0, 0.05) is 24.7 Å². The van der Waals surface area contributed by atoms with E-state index in [1.165, 1.54) is 9.08 Å². The maximum Gasteiger partial charge on any atom is 0.352 e. The Morgan fingerprint density at radius 3 is 2.72 bits per heavy atom. The van der Waals surface area contributed by atoms with Crippen LogP contribution in [-0.2, 0) is 11.3 Å². The first-order chi connectivity index (χ1) is 14.0. The molecule has 0 spiro atoms. The van der Waals surface area contributed by atoms with Crippen molar-refractivity contribution in [3.63, 3.8) is 0 Å². The Hall–Kier alpha value is -3.16. The largest absolute Gasteiger partial charge is 0.497 e. The van der Waals surface area contributed by atoms with Crippen LogP contribution in [0, 0.1) is 12.8 Å². The summed E-state index contributed by atoms with van der Waals surface area (Å²) < 4.78 is 7.88. The van der Waals surface area contributed by atoms with E-state index in [1.807, 2.05) is 29.2 Å². The minimum Gasteiger partial charge on any atom is -0.497 e. The summed E-state index contributed by atoms with van der Waals surface area (Å²) in [5, 5.41) is 4.40. The van der Waals surface area contributed by atoms with Crippen LogP contribution in [0.15, 0.2) is 35.1 Å². The molecule has 3 heterocycles. The maximum atomic E-state index is 12.8. The van der Waals surface area contributed by atoms with Crippen LogP contribution in [0.1, 0.15) is 25.6 Å². The number of likely N-dealkylation sites (tertiary alicyclic amines) is 1. The van der Waals surface area contributed by atoms with Gasteiger partial charge in [0.1, 0.15) is 18.1 Å². The van der Waals surface area contributed by atoms with Crippen molar-refractivity contribution >= 4 is 11.6 Å². The van der Waals surface area contributed by atoms with Crippen LogP contribution in [-0.4, -0.2) is 50.2 Å². The number of hydrogen-bond acceptors (Lipinski definition) is 5. The standard InChI is InChI=1S/C21H25N5O3/c1-14-5-4-10-24(12-14)20(27)13-25-21(28)26-15(2)22-18(11-19(26)23-25)16-6-8-17(29-3)9-7-16/h6-9,11,14H,4-5,10,12-13H2,1-3H3/t14-/m0/s1. The highest BCUT2D eigenvalue weighted by molar-refractivity contribution is 5.76. The molecule has 0 bridgehead atoms. The normalized spacial score (nSPS) is 16.9. The number of carbonyl (C=O) groups is 1. The van der Waals surface area contributed by atoms with Crippen LogP contribution in [0.5, 0.6) is 5.75 Å². The molecule has 29 heavy (non-hydrogen) atoms. The molecule has 152 valence electrons. The van der Waals surface area contributed by atoms with Crippen LogP contribution >= 0.6 is 0 Å². The van der Waals surface area contributed by atoms with E-state index in [2.05, 4.69) is 17.0 Å². The highest BCUT2D eigenvalue weighted by Gasteiger charge is 2.23. The number of hydrogen-bond donors (Lipinski definition) is 0. The van der Waals surface area contributed by atoms with E-state index < -0.39 is 0 Å². The van der Waals surface area contributed by atoms with Crippen molar-refractivity contribution in [2.24, 2.45) is 5.92 Å². The van der Waals surface area contributed by atoms with Crippen molar-refractivity contribution in [1.29, 1.82) is 0 Å². The molecule has 3 aromatic rings. The first kappa shape index (κ1) is 19.2. The number of rotatable bonds is 4. The summed E-state index contributed by atoms with van der Waals surface area (Å²) >= 11 is 0. The molecule has 8 nitrogen and oxygen atoms in total. The second-order valence-electron chi connectivity index (χ2n) is 7.64. The van der Waals surface area contributed by atoms with Gasteiger partial charge in [-0.1, -0.05) is 6.92 Å². The number of ether oxygens (including phenoxy) is 1. The lowest BCUT2D eigenvalue weighted by atomic mass is 10.0. The van der Waals surface area contributed by atoms with Gasteiger partial charge in [-0.25, -0.2) is 18.9 Å². The summed E-state index contributed by atoms with van der Waals surface area (Å²) in [7, 11) is 1.62. The number of nitrogens with zero attached hydrogens (tertiary/aromatic N) is 5. The average Bonchev–Trinajstić information content (AvgIpc) is 3.03. The van der Waals surface area contributed by atoms with Crippen LogP contribution in [0.4, 0.5) is 0 Å². The van der Waals surface area contributed by atoms with E-state index in [0.717, 1.165) is 37.2 Å². The van der Waals surface area contributed by atoms with E-state index in [0.29, 0.717) is 23.1 Å². The van der Waals surface area contributed by atoms with Crippen LogP contribution in [0.2, 0.25) is 0 Å². The molecule has 1 atom stereocenters. The Balaban J connectivity index is 1.64. The molecule has 8 heteroatoms. The van der Waals surface area contributed by atoms with Crippen molar-refractivity contribution < 1.29 is 9.53 Å². The SMILES string of the molecule is COc1ccc(-c2cc3nn(CC(=O)N4CCC[C@H](C)C4)c(=O)n3c(C)n2)cc1. The number of piperidine rings is 1. The van der Waals surface area contributed by atoms with Crippen LogP contribution in [0.3, 0.4) is 0 Å². The van der Waals surface area contributed by atoms with Gasteiger partial charge in [-0.15, -0.1) is 5.10 Å². The zero-order valence-corrected chi connectivity index (χ0v) is 17.0. The zero-order chi connectivity index (χ0) is 20.5. The highest BCUT2D eigenvalue weighted by Crippen LogP contribution is 2.22. The summed E-state index contributed by atoms with van der Waals surface area (Å²) in [6, 6.07) is 9.31. The molecular weight excluding hydrogens is 370 g/mol. The molecule has 1 saturated heterocycles. The van der Waals surface area contributed by atoms with Crippen LogP contribution in [0.25, 0.3) is 16.9 Å². The van der Waals surface area contributed by atoms with Gasteiger partial charge >= 0.3 is 5.69 Å². The number of methoxy groups -OCH3 is 1. The number of aromatic nitrogens is 4.